The third kappa shape index (κ3) is 3.72. The van der Waals surface area contributed by atoms with Gasteiger partial charge < -0.3 is 0 Å². The highest BCUT2D eigenvalue weighted by Crippen LogP contribution is 2.50. The van der Waals surface area contributed by atoms with Gasteiger partial charge in [0.05, 0.1) is 22.3 Å². The second-order valence-electron chi connectivity index (χ2n) is 8.78. The van der Waals surface area contributed by atoms with Gasteiger partial charge in [-0.1, -0.05) is 71.7 Å². The van der Waals surface area contributed by atoms with Crippen LogP contribution in [0.5, 0.6) is 0 Å². The maximum atomic E-state index is 14.0. The molecular weight excluding hydrogens is 517 g/mol. The third-order valence-electron chi connectivity index (χ3n) is 6.70. The van der Waals surface area contributed by atoms with Crippen LogP contribution in [0.25, 0.3) is 10.8 Å². The number of anilines is 2. The summed E-state index contributed by atoms with van der Waals surface area (Å²) in [6, 6.07) is 22.7. The molecule has 2 aliphatic heterocycles. The number of rotatable bonds is 4. The van der Waals surface area contributed by atoms with Crippen molar-refractivity contribution in [3.63, 3.8) is 0 Å². The first-order chi connectivity index (χ1) is 17.8. The summed E-state index contributed by atoms with van der Waals surface area (Å²) in [6.45, 7) is 0. The minimum Gasteiger partial charge on any atom is -0.273 e. The van der Waals surface area contributed by atoms with E-state index in [0.717, 1.165) is 10.8 Å². The molecule has 2 amide bonds. The third-order valence-corrected chi connectivity index (χ3v) is 7.26. The average molecular weight is 534 g/mol. The highest BCUT2D eigenvalue weighted by atomic mass is 35.5. The molecule has 2 aliphatic rings. The number of nitro benzene ring substituents is 1. The van der Waals surface area contributed by atoms with Crippen molar-refractivity contribution in [2.45, 2.75) is 12.1 Å². The molecule has 2 fully saturated rings. The molecule has 4 aromatic carbocycles. The summed E-state index contributed by atoms with van der Waals surface area (Å²) in [5, 5.41) is 15.1. The highest BCUT2D eigenvalue weighted by Gasteiger charge is 2.60. The van der Waals surface area contributed by atoms with Gasteiger partial charge in [-0.3, -0.25) is 24.5 Å². The monoisotopic (exact) mass is 533 g/mol. The van der Waals surface area contributed by atoms with E-state index in [1.165, 1.54) is 28.2 Å². The van der Waals surface area contributed by atoms with Gasteiger partial charge in [-0.2, -0.15) is 0 Å². The van der Waals surface area contributed by atoms with Crippen LogP contribution in [-0.4, -0.2) is 22.8 Å². The number of carbonyl (C=O) groups is 2. The normalized spacial score (nSPS) is 21.1. The van der Waals surface area contributed by atoms with Crippen molar-refractivity contribution in [3.05, 3.63) is 111 Å². The van der Waals surface area contributed by atoms with Crippen LogP contribution in [0, 0.1) is 16.0 Å². The Labute approximate surface area is 220 Å². The number of imide groups is 1. The molecule has 10 heteroatoms. The molecule has 0 aromatic heterocycles. The fourth-order valence-corrected chi connectivity index (χ4v) is 5.60. The number of non-ortho nitro benzene ring substituents is 1. The zero-order valence-electron chi connectivity index (χ0n) is 19.0. The van der Waals surface area contributed by atoms with Gasteiger partial charge in [0.2, 0.25) is 5.91 Å². The first kappa shape index (κ1) is 23.4. The molecule has 4 aromatic rings. The van der Waals surface area contributed by atoms with E-state index in [2.05, 4.69) is 0 Å². The second-order valence-corrected chi connectivity index (χ2v) is 9.62. The Bertz CT molecular complexity index is 1610. The lowest BCUT2D eigenvalue weighted by molar-refractivity contribution is -0.384. The predicted octanol–water partition coefficient (Wildman–Crippen LogP) is 6.11. The van der Waals surface area contributed by atoms with Gasteiger partial charge in [0.15, 0.2) is 6.10 Å². The number of nitro groups is 1. The van der Waals surface area contributed by atoms with E-state index in [9.17, 15) is 19.7 Å². The Morgan fingerprint density at radius 2 is 1.62 bits per heavy atom. The van der Waals surface area contributed by atoms with E-state index in [4.69, 9.17) is 28.0 Å². The molecule has 0 unspecified atom stereocenters. The second kappa shape index (κ2) is 8.85. The molecule has 0 aliphatic carbocycles. The summed E-state index contributed by atoms with van der Waals surface area (Å²) in [7, 11) is 0. The molecule has 0 bridgehead atoms. The number of amides is 2. The van der Waals surface area contributed by atoms with Gasteiger partial charge in [0.25, 0.3) is 11.6 Å². The van der Waals surface area contributed by atoms with Crippen molar-refractivity contribution < 1.29 is 19.3 Å². The number of hydrogen-bond donors (Lipinski definition) is 0. The number of carbonyl (C=O) groups excluding carboxylic acids is 2. The summed E-state index contributed by atoms with van der Waals surface area (Å²) in [4.78, 5) is 45.8. The topological polar surface area (TPSA) is 93.0 Å². The van der Waals surface area contributed by atoms with Crippen molar-refractivity contribution in [2.24, 2.45) is 5.92 Å². The number of fused-ring (bicyclic) bond motifs is 2. The average Bonchev–Trinajstić information content (AvgIpc) is 3.39. The molecule has 3 atom stereocenters. The summed E-state index contributed by atoms with van der Waals surface area (Å²) in [5.41, 5.74) is 1.13. The summed E-state index contributed by atoms with van der Waals surface area (Å²) >= 11 is 12.7. The van der Waals surface area contributed by atoms with Crippen LogP contribution in [0.3, 0.4) is 0 Å². The quantitative estimate of drug-likeness (QED) is 0.178. The van der Waals surface area contributed by atoms with E-state index in [1.54, 1.807) is 36.4 Å². The largest absolute Gasteiger partial charge is 0.273 e. The van der Waals surface area contributed by atoms with Gasteiger partial charge >= 0.3 is 0 Å². The molecule has 2 saturated heterocycles. The lowest BCUT2D eigenvalue weighted by atomic mass is 9.90. The van der Waals surface area contributed by atoms with Crippen LogP contribution in [-0.2, 0) is 14.4 Å². The number of hydroxylamine groups is 1. The van der Waals surface area contributed by atoms with Crippen LogP contribution < -0.4 is 9.96 Å². The van der Waals surface area contributed by atoms with Crippen LogP contribution in [0.2, 0.25) is 10.0 Å². The van der Waals surface area contributed by atoms with E-state index in [-0.39, 0.29) is 10.7 Å². The molecular formula is C27H17Cl2N3O5. The van der Waals surface area contributed by atoms with Crippen molar-refractivity contribution in [3.8, 4) is 0 Å². The zero-order chi connectivity index (χ0) is 25.8. The fourth-order valence-electron chi connectivity index (χ4n) is 5.08. The van der Waals surface area contributed by atoms with Crippen molar-refractivity contribution in [1.29, 1.82) is 0 Å². The van der Waals surface area contributed by atoms with E-state index < -0.39 is 34.8 Å². The first-order valence-corrected chi connectivity index (χ1v) is 12.1. The van der Waals surface area contributed by atoms with E-state index in [1.807, 2.05) is 30.3 Å². The highest BCUT2D eigenvalue weighted by molar-refractivity contribution is 6.35. The smallest absolute Gasteiger partial charge is 0.271 e. The fraction of sp³-hybridized carbons (Fsp3) is 0.111. The summed E-state index contributed by atoms with van der Waals surface area (Å²) in [6.07, 6.45) is -1.15. The number of benzene rings is 4. The Morgan fingerprint density at radius 1 is 0.865 bits per heavy atom. The lowest BCUT2D eigenvalue weighted by Gasteiger charge is -2.29. The molecule has 8 nitrogen and oxygen atoms in total. The Balaban J connectivity index is 1.49. The molecule has 0 N–H and O–H groups in total. The SMILES string of the molecule is O=C1[C@@H]2[C@@H](c3ccc(Cl)cc3Cl)N(c3cccc([N+](=O)[O-])c3)O[C@H]2C(=O)N1c1cccc2ccccc12. The van der Waals surface area contributed by atoms with Crippen LogP contribution in [0.4, 0.5) is 17.1 Å². The van der Waals surface area contributed by atoms with Gasteiger partial charge in [-0.15, -0.1) is 0 Å². The van der Waals surface area contributed by atoms with Crippen molar-refractivity contribution in [2.75, 3.05) is 9.96 Å². The standard InChI is InChI=1S/C27H17Cl2N3O5/c28-16-11-12-20(21(29)13-16)24-23-25(37-31(24)17-7-4-8-18(14-17)32(35)36)27(34)30(26(23)33)22-10-3-6-15-5-1-2-9-19(15)22/h1-14,23-25H/t23-,24-,25-/m1/s1. The molecule has 6 rings (SSSR count). The molecule has 0 saturated carbocycles. The number of hydrogen-bond acceptors (Lipinski definition) is 6. The van der Waals surface area contributed by atoms with Gasteiger partial charge in [0, 0.05) is 27.6 Å². The number of nitrogens with zero attached hydrogens (tertiary/aromatic N) is 3. The molecule has 0 spiro atoms. The molecule has 2 heterocycles. The Kier molecular flexibility index (Phi) is 5.60. The molecule has 37 heavy (non-hydrogen) atoms. The maximum Gasteiger partial charge on any atom is 0.271 e. The Hall–Kier alpha value is -3.98. The summed E-state index contributed by atoms with van der Waals surface area (Å²) in [5.74, 6) is -1.92. The predicted molar refractivity (Wildman–Crippen MR) is 140 cm³/mol. The van der Waals surface area contributed by atoms with Gasteiger partial charge in [-0.25, -0.2) is 9.96 Å². The molecule has 0 radical (unpaired) electrons. The molecule has 184 valence electrons. The minimum atomic E-state index is -1.15. The van der Waals surface area contributed by atoms with Gasteiger partial charge in [-0.05, 0) is 35.2 Å². The van der Waals surface area contributed by atoms with Crippen molar-refractivity contribution in [1.82, 2.24) is 0 Å². The van der Waals surface area contributed by atoms with Gasteiger partial charge in [0.1, 0.15) is 5.92 Å². The first-order valence-electron chi connectivity index (χ1n) is 11.4. The summed E-state index contributed by atoms with van der Waals surface area (Å²) < 4.78 is 0. The van der Waals surface area contributed by atoms with Crippen LogP contribution >= 0.6 is 23.2 Å². The Morgan fingerprint density at radius 3 is 2.41 bits per heavy atom. The zero-order valence-corrected chi connectivity index (χ0v) is 20.5. The van der Waals surface area contributed by atoms with Crippen LogP contribution in [0.15, 0.2) is 84.9 Å². The van der Waals surface area contributed by atoms with Crippen LogP contribution in [0.1, 0.15) is 11.6 Å². The van der Waals surface area contributed by atoms with E-state index >= 15 is 0 Å². The lowest BCUT2D eigenvalue weighted by Crippen LogP contribution is -2.37. The van der Waals surface area contributed by atoms with E-state index in [0.29, 0.717) is 22.0 Å². The minimum absolute atomic E-state index is 0.158. The van der Waals surface area contributed by atoms with Crippen molar-refractivity contribution >= 4 is 62.9 Å². The maximum absolute atomic E-state index is 14.0. The number of halogens is 2.